The number of hydrogen-bond acceptors (Lipinski definition) is 3. The van der Waals surface area contributed by atoms with E-state index < -0.39 is 12.1 Å². The summed E-state index contributed by atoms with van der Waals surface area (Å²) in [5, 5.41) is 17.4. The van der Waals surface area contributed by atoms with Gasteiger partial charge in [0, 0.05) is 6.04 Å². The first-order chi connectivity index (χ1) is 14.8. The van der Waals surface area contributed by atoms with Crippen molar-refractivity contribution in [3.8, 4) is 0 Å². The van der Waals surface area contributed by atoms with E-state index in [1.807, 2.05) is 0 Å². The summed E-state index contributed by atoms with van der Waals surface area (Å²) in [6.45, 7) is 5.05. The van der Waals surface area contributed by atoms with Gasteiger partial charge in [-0.05, 0) is 84.7 Å². The van der Waals surface area contributed by atoms with Gasteiger partial charge in [-0.25, -0.2) is 4.79 Å². The van der Waals surface area contributed by atoms with E-state index in [0.717, 1.165) is 17.8 Å². The number of aliphatic hydroxyl groups excluding tert-OH is 1. The van der Waals surface area contributed by atoms with Crippen LogP contribution in [0, 0.1) is 28.6 Å². The molecule has 4 nitrogen and oxygen atoms in total. The number of carbonyl (C=O) groups is 1. The molecule has 0 heterocycles. The Hall–Kier alpha value is -1.91. The summed E-state index contributed by atoms with van der Waals surface area (Å²) in [5.74, 6) is 1.48. The second kappa shape index (κ2) is 8.55. The van der Waals surface area contributed by atoms with Crippen molar-refractivity contribution in [3.05, 3.63) is 59.7 Å². The van der Waals surface area contributed by atoms with E-state index in [0.29, 0.717) is 22.4 Å². The van der Waals surface area contributed by atoms with Gasteiger partial charge in [0.05, 0.1) is 0 Å². The predicted octanol–water partition coefficient (Wildman–Crippen LogP) is 5.25. The lowest BCUT2D eigenvalue weighted by atomic mass is 9.48. The van der Waals surface area contributed by atoms with Crippen molar-refractivity contribution in [3.63, 3.8) is 0 Å². The van der Waals surface area contributed by atoms with Gasteiger partial charge in [0.1, 0.15) is 0 Å². The second-order valence-corrected chi connectivity index (χ2v) is 10.5. The number of allylic oxidation sites excluding steroid dienone is 4. The van der Waals surface area contributed by atoms with Crippen molar-refractivity contribution >= 4 is 5.97 Å². The van der Waals surface area contributed by atoms with Crippen molar-refractivity contribution in [2.45, 2.75) is 70.9 Å². The van der Waals surface area contributed by atoms with Crippen molar-refractivity contribution in [1.29, 1.82) is 0 Å². The van der Waals surface area contributed by atoms with Crippen LogP contribution < -0.4 is 5.73 Å². The molecule has 0 amide bonds. The predicted molar refractivity (Wildman–Crippen MR) is 123 cm³/mol. The highest BCUT2D eigenvalue weighted by Gasteiger charge is 2.57. The number of aliphatic carboxylic acids is 1. The van der Waals surface area contributed by atoms with Crippen molar-refractivity contribution in [2.24, 2.45) is 34.3 Å². The number of aliphatic hydroxyl groups is 1. The minimum atomic E-state index is -1.41. The molecule has 4 aliphatic rings. The fourth-order valence-electron chi connectivity index (χ4n) is 7.12. The van der Waals surface area contributed by atoms with E-state index in [1.54, 1.807) is 35.9 Å². The van der Waals surface area contributed by atoms with E-state index >= 15 is 0 Å². The summed E-state index contributed by atoms with van der Waals surface area (Å²) < 4.78 is 0. The SMILES string of the molecule is C[C@]12CC[C@H]3[C@@H](CC=C4C=CCC[C@@]43C)[C@@H]1CC[C@@H]2N.O=C(O)C(O)c1ccccc1. The lowest BCUT2D eigenvalue weighted by molar-refractivity contribution is -0.146. The van der Waals surface area contributed by atoms with E-state index in [2.05, 4.69) is 32.1 Å². The number of hydrogen-bond donors (Lipinski definition) is 3. The fraction of sp³-hybridized carbons (Fsp3) is 0.593. The Labute approximate surface area is 186 Å². The Morgan fingerprint density at radius 1 is 1.10 bits per heavy atom. The van der Waals surface area contributed by atoms with Gasteiger partial charge >= 0.3 is 5.97 Å². The molecule has 7 atom stereocenters. The summed E-state index contributed by atoms with van der Waals surface area (Å²) in [5.41, 5.74) is 9.44. The van der Waals surface area contributed by atoms with Gasteiger partial charge in [0.25, 0.3) is 0 Å². The molecule has 0 aliphatic heterocycles. The van der Waals surface area contributed by atoms with Crippen molar-refractivity contribution < 1.29 is 15.0 Å². The molecular weight excluding hydrogens is 386 g/mol. The van der Waals surface area contributed by atoms with Crippen LogP contribution in [0.2, 0.25) is 0 Å². The molecule has 1 unspecified atom stereocenters. The number of fused-ring (bicyclic) bond motifs is 5. The van der Waals surface area contributed by atoms with Crippen LogP contribution in [-0.2, 0) is 4.79 Å². The maximum Gasteiger partial charge on any atom is 0.337 e. The molecule has 0 saturated heterocycles. The Morgan fingerprint density at radius 2 is 1.84 bits per heavy atom. The molecule has 4 N–H and O–H groups in total. The third-order valence-electron chi connectivity index (χ3n) is 9.08. The zero-order valence-electron chi connectivity index (χ0n) is 18.8. The zero-order chi connectivity index (χ0) is 22.2. The number of carboxylic acids is 1. The monoisotopic (exact) mass is 423 g/mol. The number of carboxylic acid groups (broad SMARTS) is 1. The van der Waals surface area contributed by atoms with Crippen LogP contribution in [0.25, 0.3) is 0 Å². The molecule has 168 valence electrons. The van der Waals surface area contributed by atoms with Crippen LogP contribution >= 0.6 is 0 Å². The van der Waals surface area contributed by atoms with E-state index in [4.69, 9.17) is 15.9 Å². The Balaban J connectivity index is 0.000000180. The number of rotatable bonds is 2. The van der Waals surface area contributed by atoms with Crippen molar-refractivity contribution in [1.82, 2.24) is 0 Å². The molecule has 1 aromatic rings. The van der Waals surface area contributed by atoms with Gasteiger partial charge in [-0.1, -0.05) is 62.4 Å². The van der Waals surface area contributed by atoms with Crippen LogP contribution in [0.5, 0.6) is 0 Å². The Kier molecular flexibility index (Phi) is 6.15. The summed E-state index contributed by atoms with van der Waals surface area (Å²) >= 11 is 0. The molecule has 2 fully saturated rings. The third kappa shape index (κ3) is 3.89. The molecule has 4 aliphatic carbocycles. The molecule has 31 heavy (non-hydrogen) atoms. The van der Waals surface area contributed by atoms with Gasteiger partial charge in [-0.2, -0.15) is 0 Å². The molecule has 5 rings (SSSR count). The average molecular weight is 424 g/mol. The van der Waals surface area contributed by atoms with Gasteiger partial charge in [0.15, 0.2) is 6.10 Å². The van der Waals surface area contributed by atoms with Crippen LogP contribution in [0.15, 0.2) is 54.1 Å². The maximum absolute atomic E-state index is 10.2. The van der Waals surface area contributed by atoms with Crippen LogP contribution in [-0.4, -0.2) is 22.2 Å². The topological polar surface area (TPSA) is 83.6 Å². The molecule has 1 aromatic carbocycles. The summed E-state index contributed by atoms with van der Waals surface area (Å²) in [6.07, 6.45) is 15.4. The third-order valence-corrected chi connectivity index (χ3v) is 9.08. The lowest BCUT2D eigenvalue weighted by Crippen LogP contribution is -2.51. The highest BCUT2D eigenvalue weighted by atomic mass is 16.4. The fourth-order valence-corrected chi connectivity index (χ4v) is 7.12. The van der Waals surface area contributed by atoms with E-state index in [-0.39, 0.29) is 0 Å². The second-order valence-electron chi connectivity index (χ2n) is 10.5. The Bertz CT molecular complexity index is 862. The van der Waals surface area contributed by atoms with Crippen LogP contribution in [0.3, 0.4) is 0 Å². The Morgan fingerprint density at radius 3 is 2.55 bits per heavy atom. The van der Waals surface area contributed by atoms with Gasteiger partial charge in [-0.15, -0.1) is 0 Å². The first-order valence-corrected chi connectivity index (χ1v) is 11.9. The minimum Gasteiger partial charge on any atom is -0.479 e. The van der Waals surface area contributed by atoms with Gasteiger partial charge in [-0.3, -0.25) is 0 Å². The lowest BCUT2D eigenvalue weighted by Gasteiger charge is -2.56. The molecule has 0 aromatic heterocycles. The van der Waals surface area contributed by atoms with Crippen LogP contribution in [0.4, 0.5) is 0 Å². The molecule has 4 heteroatoms. The van der Waals surface area contributed by atoms with Crippen molar-refractivity contribution in [2.75, 3.05) is 0 Å². The summed E-state index contributed by atoms with van der Waals surface area (Å²) in [4.78, 5) is 10.2. The average Bonchev–Trinajstić information content (AvgIpc) is 3.08. The smallest absolute Gasteiger partial charge is 0.337 e. The quantitative estimate of drug-likeness (QED) is 0.607. The zero-order valence-corrected chi connectivity index (χ0v) is 18.8. The largest absolute Gasteiger partial charge is 0.479 e. The number of benzene rings is 1. The number of nitrogens with two attached hydrogens (primary N) is 1. The minimum absolute atomic E-state index is 0.403. The first-order valence-electron chi connectivity index (χ1n) is 11.9. The van der Waals surface area contributed by atoms with Gasteiger partial charge < -0.3 is 15.9 Å². The molecule has 0 bridgehead atoms. The van der Waals surface area contributed by atoms with E-state index in [9.17, 15) is 4.79 Å². The highest BCUT2D eigenvalue weighted by Crippen LogP contribution is 2.63. The normalized spacial score (nSPS) is 39.2. The highest BCUT2D eigenvalue weighted by molar-refractivity contribution is 5.73. The maximum atomic E-state index is 10.2. The summed E-state index contributed by atoms with van der Waals surface area (Å²) in [7, 11) is 0. The van der Waals surface area contributed by atoms with Crippen LogP contribution in [0.1, 0.15) is 70.5 Å². The van der Waals surface area contributed by atoms with E-state index in [1.165, 1.54) is 44.9 Å². The summed E-state index contributed by atoms with van der Waals surface area (Å²) in [6, 6.07) is 8.72. The first kappa shape index (κ1) is 22.3. The molecular formula is C27H37NO3. The molecule has 2 saturated carbocycles. The molecule has 0 spiro atoms. The van der Waals surface area contributed by atoms with Gasteiger partial charge in [0.2, 0.25) is 0 Å². The molecule has 0 radical (unpaired) electrons. The standard InChI is InChI=1S/C19H29N.C8H8O3/c1-18-11-4-3-5-13(18)6-7-14-15-8-9-17(20)19(15,2)12-10-16(14)18;9-7(8(10)11)6-4-2-1-3-5-6/h3,5-6,14-17H,4,7-12,20H2,1-2H3;1-5,7,9H,(H,10,11)/t14-,15-,16-,17-,18-,19-;/m0./s1.